The first kappa shape index (κ1) is 20.1. The Morgan fingerprint density at radius 3 is 2.09 bits per heavy atom. The fourth-order valence-corrected chi connectivity index (χ4v) is 1.19. The van der Waals surface area contributed by atoms with Crippen LogP contribution in [0.25, 0.3) is 0 Å². The van der Waals surface area contributed by atoms with Crippen LogP contribution in [-0.4, -0.2) is 68.2 Å². The van der Waals surface area contributed by atoms with E-state index in [9.17, 15) is 14.4 Å². The van der Waals surface area contributed by atoms with Crippen LogP contribution in [0.2, 0.25) is 0 Å². The van der Waals surface area contributed by atoms with E-state index in [1.807, 2.05) is 0 Å². The number of carboxylic acid groups (broad SMARTS) is 1. The van der Waals surface area contributed by atoms with Gasteiger partial charge in [0.25, 0.3) is 0 Å². The summed E-state index contributed by atoms with van der Waals surface area (Å²) < 4.78 is 14.8. The molecule has 0 radical (unpaired) electrons. The average Bonchev–Trinajstić information content (AvgIpc) is 2.35. The summed E-state index contributed by atoms with van der Waals surface area (Å²) >= 11 is 0. The van der Waals surface area contributed by atoms with Gasteiger partial charge in [0.15, 0.2) is 0 Å². The highest BCUT2D eigenvalue weighted by atomic mass is 16.6. The van der Waals surface area contributed by atoms with Gasteiger partial charge in [-0.05, 0) is 20.8 Å². The van der Waals surface area contributed by atoms with Crippen molar-refractivity contribution in [1.29, 1.82) is 0 Å². The fourth-order valence-electron chi connectivity index (χ4n) is 1.19. The van der Waals surface area contributed by atoms with Gasteiger partial charge in [0.05, 0.1) is 13.2 Å². The zero-order chi connectivity index (χ0) is 17.0. The molecule has 0 aliphatic carbocycles. The minimum Gasteiger partial charge on any atom is -0.480 e. The van der Waals surface area contributed by atoms with E-state index in [0.717, 1.165) is 0 Å². The first-order chi connectivity index (χ1) is 10.2. The van der Waals surface area contributed by atoms with Crippen LogP contribution in [0.3, 0.4) is 0 Å². The third-order valence-electron chi connectivity index (χ3n) is 1.94. The summed E-state index contributed by atoms with van der Waals surface area (Å²) in [6.45, 7) is 5.59. The van der Waals surface area contributed by atoms with Crippen molar-refractivity contribution in [3.8, 4) is 0 Å². The van der Waals surface area contributed by atoms with Crippen molar-refractivity contribution in [2.24, 2.45) is 0 Å². The fraction of sp³-hybridized carbons (Fsp3) is 0.769. The van der Waals surface area contributed by atoms with Gasteiger partial charge in [-0.25, -0.2) is 9.59 Å². The molecule has 0 fully saturated rings. The molecule has 0 aliphatic rings. The highest BCUT2D eigenvalue weighted by Gasteiger charge is 2.15. The van der Waals surface area contributed by atoms with Gasteiger partial charge in [-0.3, -0.25) is 4.79 Å². The van der Waals surface area contributed by atoms with Crippen LogP contribution in [0.4, 0.5) is 4.79 Å². The predicted octanol–water partition coefficient (Wildman–Crippen LogP) is -0.255. The van der Waals surface area contributed by atoms with E-state index in [-0.39, 0.29) is 26.4 Å². The summed E-state index contributed by atoms with van der Waals surface area (Å²) in [7, 11) is 0. The molecule has 22 heavy (non-hydrogen) atoms. The summed E-state index contributed by atoms with van der Waals surface area (Å²) in [6.07, 6.45) is -0.514. The lowest BCUT2D eigenvalue weighted by Gasteiger charge is -2.19. The van der Waals surface area contributed by atoms with Crippen molar-refractivity contribution < 1.29 is 33.7 Å². The lowest BCUT2D eigenvalue weighted by Crippen LogP contribution is -2.35. The SMILES string of the molecule is CC(C)(C)OC(=O)NCCOCCNC(=O)COCC(=O)O. The Balaban J connectivity index is 3.41. The number of carbonyl (C=O) groups is 3. The molecule has 0 saturated heterocycles. The van der Waals surface area contributed by atoms with Gasteiger partial charge < -0.3 is 30.0 Å². The van der Waals surface area contributed by atoms with Crippen molar-refractivity contribution in [2.75, 3.05) is 39.5 Å². The van der Waals surface area contributed by atoms with Crippen molar-refractivity contribution in [2.45, 2.75) is 26.4 Å². The normalized spacial score (nSPS) is 10.9. The van der Waals surface area contributed by atoms with Crippen LogP contribution < -0.4 is 10.6 Å². The number of amides is 2. The summed E-state index contributed by atoms with van der Waals surface area (Å²) in [5.41, 5.74) is -0.544. The molecule has 0 atom stereocenters. The Morgan fingerprint density at radius 1 is 0.955 bits per heavy atom. The molecule has 9 nitrogen and oxygen atoms in total. The molecule has 2 amide bonds. The van der Waals surface area contributed by atoms with Crippen LogP contribution in [0.5, 0.6) is 0 Å². The largest absolute Gasteiger partial charge is 0.480 e. The van der Waals surface area contributed by atoms with Crippen LogP contribution in [0.15, 0.2) is 0 Å². The summed E-state index contributed by atoms with van der Waals surface area (Å²) in [5, 5.41) is 13.3. The van der Waals surface area contributed by atoms with E-state index in [4.69, 9.17) is 14.6 Å². The Hall–Kier alpha value is -1.87. The molecular weight excluding hydrogens is 296 g/mol. The van der Waals surface area contributed by atoms with E-state index >= 15 is 0 Å². The summed E-state index contributed by atoms with van der Waals surface area (Å²) in [4.78, 5) is 32.6. The molecule has 0 unspecified atom stereocenters. The first-order valence-electron chi connectivity index (χ1n) is 6.81. The van der Waals surface area contributed by atoms with Gasteiger partial charge in [0.1, 0.15) is 18.8 Å². The average molecular weight is 320 g/mol. The Bertz CT molecular complexity index is 366. The molecule has 0 aromatic heterocycles. The minimum absolute atomic E-state index is 0.265. The zero-order valence-corrected chi connectivity index (χ0v) is 13.1. The number of ether oxygens (including phenoxy) is 3. The van der Waals surface area contributed by atoms with Crippen LogP contribution in [-0.2, 0) is 23.8 Å². The van der Waals surface area contributed by atoms with Crippen LogP contribution in [0, 0.1) is 0 Å². The smallest absolute Gasteiger partial charge is 0.407 e. The van der Waals surface area contributed by atoms with Crippen molar-refractivity contribution >= 4 is 18.0 Å². The predicted molar refractivity (Wildman–Crippen MR) is 76.5 cm³/mol. The van der Waals surface area contributed by atoms with Crippen LogP contribution >= 0.6 is 0 Å². The second-order valence-electron chi connectivity index (χ2n) is 5.28. The quantitative estimate of drug-likeness (QED) is 0.474. The summed E-state index contributed by atoms with van der Waals surface area (Å²) in [5.74, 6) is -1.55. The Morgan fingerprint density at radius 2 is 1.55 bits per heavy atom. The van der Waals surface area contributed by atoms with Crippen molar-refractivity contribution in [1.82, 2.24) is 10.6 Å². The number of nitrogens with one attached hydrogen (secondary N) is 2. The molecule has 128 valence electrons. The number of hydrogen-bond acceptors (Lipinski definition) is 6. The Labute approximate surface area is 129 Å². The van der Waals surface area contributed by atoms with Crippen LogP contribution in [0.1, 0.15) is 20.8 Å². The molecule has 0 rings (SSSR count). The Kier molecular flexibility index (Phi) is 9.88. The van der Waals surface area contributed by atoms with Crippen molar-refractivity contribution in [3.63, 3.8) is 0 Å². The topological polar surface area (TPSA) is 123 Å². The first-order valence-corrected chi connectivity index (χ1v) is 6.81. The molecule has 9 heteroatoms. The highest BCUT2D eigenvalue weighted by Crippen LogP contribution is 2.05. The molecule has 0 aromatic carbocycles. The molecular formula is C13H24N2O7. The maximum Gasteiger partial charge on any atom is 0.407 e. The molecule has 0 saturated carbocycles. The van der Waals surface area contributed by atoms with E-state index in [0.29, 0.717) is 6.54 Å². The monoisotopic (exact) mass is 320 g/mol. The van der Waals surface area contributed by atoms with Gasteiger partial charge in [-0.15, -0.1) is 0 Å². The zero-order valence-electron chi connectivity index (χ0n) is 13.1. The number of rotatable bonds is 10. The number of hydrogen-bond donors (Lipinski definition) is 3. The minimum atomic E-state index is -1.13. The van der Waals surface area contributed by atoms with E-state index in [2.05, 4.69) is 15.4 Å². The standard InChI is InChI=1S/C13H24N2O7/c1-13(2,3)22-12(19)15-5-7-20-6-4-14-10(16)8-21-9-11(17)18/h4-9H2,1-3H3,(H,14,16)(H,15,19)(H,17,18). The third-order valence-corrected chi connectivity index (χ3v) is 1.94. The van der Waals surface area contributed by atoms with Crippen molar-refractivity contribution in [3.05, 3.63) is 0 Å². The molecule has 3 N–H and O–H groups in total. The van der Waals surface area contributed by atoms with E-state index in [1.165, 1.54) is 0 Å². The lowest BCUT2D eigenvalue weighted by molar-refractivity contribution is -0.143. The van der Waals surface area contributed by atoms with E-state index < -0.39 is 30.2 Å². The highest BCUT2D eigenvalue weighted by molar-refractivity contribution is 5.77. The van der Waals surface area contributed by atoms with Gasteiger partial charge >= 0.3 is 12.1 Å². The van der Waals surface area contributed by atoms with E-state index in [1.54, 1.807) is 20.8 Å². The molecule has 0 aliphatic heterocycles. The second-order valence-corrected chi connectivity index (χ2v) is 5.28. The second kappa shape index (κ2) is 10.8. The molecule has 0 heterocycles. The molecule has 0 aromatic rings. The maximum atomic E-state index is 11.3. The summed E-state index contributed by atoms with van der Waals surface area (Å²) in [6, 6.07) is 0. The number of aliphatic carboxylic acids is 1. The number of carbonyl (C=O) groups excluding carboxylic acids is 2. The maximum absolute atomic E-state index is 11.3. The van der Waals surface area contributed by atoms with Gasteiger partial charge in [0.2, 0.25) is 5.91 Å². The molecule has 0 spiro atoms. The third kappa shape index (κ3) is 14.5. The lowest BCUT2D eigenvalue weighted by atomic mass is 10.2. The van der Waals surface area contributed by atoms with Gasteiger partial charge in [-0.1, -0.05) is 0 Å². The molecule has 0 bridgehead atoms. The van der Waals surface area contributed by atoms with Gasteiger partial charge in [0, 0.05) is 13.1 Å². The van der Waals surface area contributed by atoms with Gasteiger partial charge in [-0.2, -0.15) is 0 Å². The number of alkyl carbamates (subject to hydrolysis) is 1. The number of carboxylic acids is 1.